The average molecular weight is 337 g/mol. The fraction of sp³-hybridized carbons (Fsp3) is 0.176. The molecule has 4 rings (SSSR count). The molecule has 0 fully saturated rings. The van der Waals surface area contributed by atoms with Crippen molar-refractivity contribution >= 4 is 11.5 Å². The van der Waals surface area contributed by atoms with Crippen molar-refractivity contribution in [3.05, 3.63) is 60.3 Å². The Kier molecular flexibility index (Phi) is 3.85. The van der Waals surface area contributed by atoms with E-state index in [0.717, 1.165) is 11.5 Å². The van der Waals surface area contributed by atoms with Crippen molar-refractivity contribution in [2.75, 3.05) is 11.9 Å². The van der Waals surface area contributed by atoms with Crippen molar-refractivity contribution < 1.29 is 4.39 Å². The number of aromatic nitrogens is 6. The Labute approximate surface area is 143 Å². The summed E-state index contributed by atoms with van der Waals surface area (Å²) in [4.78, 5) is 4.49. The van der Waals surface area contributed by atoms with Crippen molar-refractivity contribution in [1.29, 1.82) is 0 Å². The third kappa shape index (κ3) is 3.06. The van der Waals surface area contributed by atoms with E-state index in [-0.39, 0.29) is 5.82 Å². The first-order valence-electron chi connectivity index (χ1n) is 7.91. The highest BCUT2D eigenvalue weighted by atomic mass is 19.1. The number of nitrogens with zero attached hydrogens (tertiary/aromatic N) is 6. The first kappa shape index (κ1) is 15.3. The van der Waals surface area contributed by atoms with Crippen LogP contribution in [0.3, 0.4) is 0 Å². The molecule has 3 aromatic heterocycles. The van der Waals surface area contributed by atoms with Gasteiger partial charge in [-0.2, -0.15) is 9.61 Å². The largest absolute Gasteiger partial charge is 0.368 e. The number of aryl methyl sites for hydroxylation is 1. The molecule has 3 heterocycles. The van der Waals surface area contributed by atoms with Crippen LogP contribution in [0.2, 0.25) is 0 Å². The monoisotopic (exact) mass is 337 g/mol. The Balaban J connectivity index is 1.63. The fourth-order valence-corrected chi connectivity index (χ4v) is 2.65. The quantitative estimate of drug-likeness (QED) is 0.606. The summed E-state index contributed by atoms with van der Waals surface area (Å²) < 4.78 is 17.6. The number of rotatable bonds is 5. The molecule has 0 aliphatic carbocycles. The average Bonchev–Trinajstić information content (AvgIpc) is 3.24. The summed E-state index contributed by atoms with van der Waals surface area (Å²) in [6.07, 6.45) is 3.54. The number of halogens is 1. The highest BCUT2D eigenvalue weighted by Crippen LogP contribution is 2.24. The molecule has 0 unspecified atom stereocenters. The zero-order chi connectivity index (χ0) is 17.2. The third-order valence-corrected chi connectivity index (χ3v) is 3.81. The van der Waals surface area contributed by atoms with Crippen LogP contribution >= 0.6 is 0 Å². The van der Waals surface area contributed by atoms with Crippen molar-refractivity contribution in [3.8, 4) is 11.3 Å². The van der Waals surface area contributed by atoms with Crippen LogP contribution in [0.25, 0.3) is 16.9 Å². The van der Waals surface area contributed by atoms with Crippen LogP contribution < -0.4 is 5.32 Å². The van der Waals surface area contributed by atoms with Gasteiger partial charge in [-0.25, -0.2) is 9.37 Å². The molecular weight excluding hydrogens is 321 g/mol. The molecule has 7 nitrogen and oxygen atoms in total. The Hall–Kier alpha value is -3.29. The summed E-state index contributed by atoms with van der Waals surface area (Å²) in [6.45, 7) is 3.17. The Morgan fingerprint density at radius 3 is 2.88 bits per heavy atom. The lowest BCUT2D eigenvalue weighted by atomic mass is 10.1. The molecule has 0 saturated heterocycles. The van der Waals surface area contributed by atoms with Gasteiger partial charge in [-0.05, 0) is 19.1 Å². The van der Waals surface area contributed by atoms with Gasteiger partial charge in [0.05, 0.1) is 24.1 Å². The molecule has 8 heteroatoms. The van der Waals surface area contributed by atoms with E-state index < -0.39 is 0 Å². The maximum absolute atomic E-state index is 14.1. The first-order valence-corrected chi connectivity index (χ1v) is 7.91. The van der Waals surface area contributed by atoms with E-state index in [2.05, 4.69) is 25.7 Å². The van der Waals surface area contributed by atoms with Gasteiger partial charge in [-0.3, -0.25) is 4.68 Å². The van der Waals surface area contributed by atoms with Gasteiger partial charge in [-0.15, -0.1) is 5.10 Å². The minimum absolute atomic E-state index is 0.303. The maximum atomic E-state index is 14.1. The van der Waals surface area contributed by atoms with E-state index in [1.54, 1.807) is 45.7 Å². The normalized spacial score (nSPS) is 11.1. The number of benzene rings is 1. The zero-order valence-electron chi connectivity index (χ0n) is 13.6. The second kappa shape index (κ2) is 6.31. The summed E-state index contributed by atoms with van der Waals surface area (Å²) in [7, 11) is 0. The van der Waals surface area contributed by atoms with Crippen molar-refractivity contribution in [2.24, 2.45) is 0 Å². The standard InChI is InChI=1S/C17H16FN7/c1-12-11-24(23-22-12)9-8-19-17-10-15(13-4-2-3-5-14(13)18)21-16-6-7-20-25(16)17/h2-7,10-11,19H,8-9H2,1H3. The molecule has 1 N–H and O–H groups in total. The van der Waals surface area contributed by atoms with Gasteiger partial charge in [0, 0.05) is 30.4 Å². The minimum Gasteiger partial charge on any atom is -0.368 e. The molecule has 0 spiro atoms. The molecule has 0 aliphatic heterocycles. The molecule has 0 saturated carbocycles. The van der Waals surface area contributed by atoms with E-state index in [1.165, 1.54) is 6.07 Å². The molecule has 0 atom stereocenters. The second-order valence-electron chi connectivity index (χ2n) is 5.66. The Morgan fingerprint density at radius 2 is 2.08 bits per heavy atom. The van der Waals surface area contributed by atoms with E-state index in [0.29, 0.717) is 30.0 Å². The number of nitrogens with one attached hydrogen (secondary N) is 1. The van der Waals surface area contributed by atoms with Crippen molar-refractivity contribution in [2.45, 2.75) is 13.5 Å². The highest BCUT2D eigenvalue weighted by Gasteiger charge is 2.11. The molecule has 0 radical (unpaired) electrons. The van der Waals surface area contributed by atoms with Gasteiger partial charge in [-0.1, -0.05) is 17.3 Å². The summed E-state index contributed by atoms with van der Waals surface area (Å²) in [5.41, 5.74) is 2.55. The number of anilines is 1. The maximum Gasteiger partial charge on any atom is 0.157 e. The molecule has 0 amide bonds. The molecule has 0 aliphatic rings. The fourth-order valence-electron chi connectivity index (χ4n) is 2.65. The highest BCUT2D eigenvalue weighted by molar-refractivity contribution is 5.66. The molecule has 1 aromatic carbocycles. The van der Waals surface area contributed by atoms with E-state index in [9.17, 15) is 4.39 Å². The van der Waals surface area contributed by atoms with Crippen molar-refractivity contribution in [1.82, 2.24) is 29.6 Å². The lowest BCUT2D eigenvalue weighted by molar-refractivity contribution is 0.607. The van der Waals surface area contributed by atoms with Gasteiger partial charge < -0.3 is 5.32 Å². The summed E-state index contributed by atoms with van der Waals surface area (Å²) >= 11 is 0. The molecule has 25 heavy (non-hydrogen) atoms. The lowest BCUT2D eigenvalue weighted by Gasteiger charge is -2.11. The molecular formula is C17H16FN7. The van der Waals surface area contributed by atoms with E-state index >= 15 is 0 Å². The molecule has 0 bridgehead atoms. The smallest absolute Gasteiger partial charge is 0.157 e. The van der Waals surface area contributed by atoms with Crippen LogP contribution in [-0.4, -0.2) is 36.1 Å². The Bertz CT molecular complexity index is 1020. The van der Waals surface area contributed by atoms with Crippen LogP contribution in [-0.2, 0) is 6.54 Å². The second-order valence-corrected chi connectivity index (χ2v) is 5.66. The van der Waals surface area contributed by atoms with Crippen LogP contribution in [0.15, 0.2) is 48.8 Å². The topological polar surface area (TPSA) is 72.9 Å². The van der Waals surface area contributed by atoms with Gasteiger partial charge in [0.15, 0.2) is 5.65 Å². The van der Waals surface area contributed by atoms with Crippen LogP contribution in [0, 0.1) is 12.7 Å². The predicted octanol–water partition coefficient (Wildman–Crippen LogP) is 2.55. The van der Waals surface area contributed by atoms with E-state index in [1.807, 2.05) is 13.1 Å². The van der Waals surface area contributed by atoms with Crippen LogP contribution in [0.1, 0.15) is 5.69 Å². The van der Waals surface area contributed by atoms with Crippen molar-refractivity contribution in [3.63, 3.8) is 0 Å². The first-order chi connectivity index (χ1) is 12.2. The molecule has 126 valence electrons. The summed E-state index contributed by atoms with van der Waals surface area (Å²) in [6, 6.07) is 10.2. The predicted molar refractivity (Wildman–Crippen MR) is 91.6 cm³/mol. The van der Waals surface area contributed by atoms with Crippen LogP contribution in [0.5, 0.6) is 0 Å². The summed E-state index contributed by atoms with van der Waals surface area (Å²) in [5, 5.41) is 15.6. The third-order valence-electron chi connectivity index (χ3n) is 3.81. The zero-order valence-corrected chi connectivity index (χ0v) is 13.6. The number of hydrogen-bond acceptors (Lipinski definition) is 5. The lowest BCUT2D eigenvalue weighted by Crippen LogP contribution is -2.14. The van der Waals surface area contributed by atoms with Gasteiger partial charge in [0.1, 0.15) is 11.6 Å². The Morgan fingerprint density at radius 1 is 1.20 bits per heavy atom. The summed E-state index contributed by atoms with van der Waals surface area (Å²) in [5.74, 6) is 0.438. The number of hydrogen-bond donors (Lipinski definition) is 1. The van der Waals surface area contributed by atoms with Gasteiger partial charge in [0.25, 0.3) is 0 Å². The van der Waals surface area contributed by atoms with E-state index in [4.69, 9.17) is 0 Å². The van der Waals surface area contributed by atoms with Crippen LogP contribution in [0.4, 0.5) is 10.2 Å². The van der Waals surface area contributed by atoms with Gasteiger partial charge in [0.2, 0.25) is 0 Å². The molecule has 4 aromatic rings. The van der Waals surface area contributed by atoms with Gasteiger partial charge >= 0.3 is 0 Å². The minimum atomic E-state index is -0.303. The SMILES string of the molecule is Cc1cn(CCNc2cc(-c3ccccc3F)nc3ccnn23)nn1. The number of fused-ring (bicyclic) bond motifs is 1.